The Balaban J connectivity index is 2.70. The summed E-state index contributed by atoms with van der Waals surface area (Å²) in [6, 6.07) is -0.439. The van der Waals surface area contributed by atoms with Crippen LogP contribution in [0.15, 0.2) is 5.38 Å². The summed E-state index contributed by atoms with van der Waals surface area (Å²) in [6.45, 7) is 3.65. The molecular weight excluding hydrogens is 232 g/mol. The summed E-state index contributed by atoms with van der Waals surface area (Å²) in [6.07, 6.45) is -1.12. The van der Waals surface area contributed by atoms with E-state index in [1.54, 1.807) is 19.2 Å². The van der Waals surface area contributed by atoms with Crippen LogP contribution >= 0.6 is 11.3 Å². The molecule has 16 heavy (non-hydrogen) atoms. The molecule has 1 rings (SSSR count). The lowest BCUT2D eigenvalue weighted by Gasteiger charge is -2.06. The fourth-order valence-electron chi connectivity index (χ4n) is 1.03. The molecule has 1 heterocycles. The highest BCUT2D eigenvalue weighted by Crippen LogP contribution is 2.18. The van der Waals surface area contributed by atoms with Crippen LogP contribution in [0.25, 0.3) is 0 Å². The normalized spacial score (nSPS) is 11.9. The molecule has 1 aromatic heterocycles. The predicted octanol–water partition coefficient (Wildman–Crippen LogP) is 1.65. The largest absolute Gasteiger partial charge is 0.465 e. The number of hydrogen-bond donors (Lipinski definition) is 2. The van der Waals surface area contributed by atoms with Gasteiger partial charge >= 0.3 is 12.1 Å². The molecule has 0 bridgehead atoms. The number of nitrogens with zero attached hydrogens (tertiary/aromatic N) is 1. The number of rotatable bonds is 4. The quantitative estimate of drug-likeness (QED) is 0.786. The third-order valence-corrected chi connectivity index (χ3v) is 2.74. The average molecular weight is 244 g/mol. The van der Waals surface area contributed by atoms with Gasteiger partial charge in [0.1, 0.15) is 5.01 Å². The van der Waals surface area contributed by atoms with Crippen molar-refractivity contribution in [2.45, 2.75) is 19.9 Å². The third kappa shape index (κ3) is 3.20. The van der Waals surface area contributed by atoms with Gasteiger partial charge in [-0.25, -0.2) is 14.6 Å². The number of esters is 1. The van der Waals surface area contributed by atoms with Gasteiger partial charge in [-0.2, -0.15) is 0 Å². The minimum Gasteiger partial charge on any atom is -0.465 e. The van der Waals surface area contributed by atoms with Crippen LogP contribution in [0.2, 0.25) is 0 Å². The molecule has 0 fully saturated rings. The molecule has 0 radical (unpaired) electrons. The Bertz CT molecular complexity index is 391. The number of nitrogens with one attached hydrogen (secondary N) is 1. The molecule has 88 valence electrons. The molecule has 1 aromatic rings. The zero-order valence-corrected chi connectivity index (χ0v) is 9.71. The van der Waals surface area contributed by atoms with Crippen molar-refractivity contribution in [3.63, 3.8) is 0 Å². The topological polar surface area (TPSA) is 88.5 Å². The summed E-state index contributed by atoms with van der Waals surface area (Å²) < 4.78 is 4.77. The number of carbonyl (C=O) groups excluding carboxylic acids is 1. The fourth-order valence-corrected chi connectivity index (χ4v) is 1.83. The highest BCUT2D eigenvalue weighted by Gasteiger charge is 2.16. The molecule has 0 aliphatic carbocycles. The van der Waals surface area contributed by atoms with Crippen LogP contribution in [0.3, 0.4) is 0 Å². The van der Waals surface area contributed by atoms with E-state index in [1.165, 1.54) is 11.3 Å². The van der Waals surface area contributed by atoms with Crippen molar-refractivity contribution >= 4 is 23.4 Å². The summed E-state index contributed by atoms with van der Waals surface area (Å²) >= 11 is 1.22. The van der Waals surface area contributed by atoms with E-state index in [-0.39, 0.29) is 12.3 Å². The number of aromatic nitrogens is 1. The van der Waals surface area contributed by atoms with Crippen LogP contribution in [0.1, 0.15) is 35.4 Å². The van der Waals surface area contributed by atoms with E-state index in [4.69, 9.17) is 9.84 Å². The van der Waals surface area contributed by atoms with Crippen molar-refractivity contribution < 1.29 is 19.4 Å². The van der Waals surface area contributed by atoms with Gasteiger partial charge in [0.05, 0.1) is 12.6 Å². The highest BCUT2D eigenvalue weighted by molar-refractivity contribution is 7.09. The fraction of sp³-hybridized carbons (Fsp3) is 0.444. The molecule has 0 aliphatic heterocycles. The zero-order valence-electron chi connectivity index (χ0n) is 8.89. The van der Waals surface area contributed by atoms with Gasteiger partial charge < -0.3 is 15.2 Å². The third-order valence-electron chi connectivity index (χ3n) is 1.72. The van der Waals surface area contributed by atoms with Crippen LogP contribution in [-0.4, -0.2) is 28.8 Å². The van der Waals surface area contributed by atoms with E-state index >= 15 is 0 Å². The maximum Gasteiger partial charge on any atom is 0.405 e. The van der Waals surface area contributed by atoms with Gasteiger partial charge in [0, 0.05) is 5.38 Å². The van der Waals surface area contributed by atoms with E-state index < -0.39 is 18.1 Å². The number of ether oxygens (including phenoxy) is 1. The Hall–Kier alpha value is -1.63. The second-order valence-corrected chi connectivity index (χ2v) is 3.85. The van der Waals surface area contributed by atoms with Gasteiger partial charge in [-0.15, -0.1) is 11.3 Å². The summed E-state index contributed by atoms with van der Waals surface area (Å²) in [4.78, 5) is 25.7. The number of carbonyl (C=O) groups is 2. The van der Waals surface area contributed by atoms with Crippen LogP contribution < -0.4 is 5.32 Å². The monoisotopic (exact) mass is 244 g/mol. The molecule has 0 spiro atoms. The van der Waals surface area contributed by atoms with Crippen molar-refractivity contribution in [2.24, 2.45) is 0 Å². The minimum absolute atomic E-state index is 0.209. The smallest absolute Gasteiger partial charge is 0.405 e. The van der Waals surface area contributed by atoms with Gasteiger partial charge in [-0.05, 0) is 13.8 Å². The molecule has 2 N–H and O–H groups in total. The number of carboxylic acid groups (broad SMARTS) is 1. The summed E-state index contributed by atoms with van der Waals surface area (Å²) in [5, 5.41) is 12.9. The number of hydrogen-bond acceptors (Lipinski definition) is 5. The molecule has 1 unspecified atom stereocenters. The molecule has 0 saturated carbocycles. The van der Waals surface area contributed by atoms with Crippen LogP contribution in [0, 0.1) is 0 Å². The van der Waals surface area contributed by atoms with E-state index in [0.29, 0.717) is 5.01 Å². The van der Waals surface area contributed by atoms with Crippen LogP contribution in [-0.2, 0) is 4.74 Å². The lowest BCUT2D eigenvalue weighted by Crippen LogP contribution is -2.24. The Morgan fingerprint density at radius 3 is 2.94 bits per heavy atom. The highest BCUT2D eigenvalue weighted by atomic mass is 32.1. The first kappa shape index (κ1) is 12.4. The first-order valence-electron chi connectivity index (χ1n) is 4.66. The van der Waals surface area contributed by atoms with Gasteiger partial charge in [0.25, 0.3) is 0 Å². The van der Waals surface area contributed by atoms with Crippen molar-refractivity contribution in [3.05, 3.63) is 16.1 Å². The lowest BCUT2D eigenvalue weighted by molar-refractivity contribution is 0.0520. The number of thiazole rings is 1. The Morgan fingerprint density at radius 1 is 1.69 bits per heavy atom. The molecule has 7 heteroatoms. The Labute approximate surface area is 96.3 Å². The van der Waals surface area contributed by atoms with Crippen LogP contribution in [0.5, 0.6) is 0 Å². The standard InChI is InChI=1S/C9H12N2O4S/c1-3-15-8(12)6-4-16-7(11-6)5(2)10-9(13)14/h4-5,10H,3H2,1-2H3,(H,13,14). The molecule has 0 aromatic carbocycles. The molecule has 0 saturated heterocycles. The molecule has 1 amide bonds. The van der Waals surface area contributed by atoms with Gasteiger partial charge in [-0.1, -0.05) is 0 Å². The van der Waals surface area contributed by atoms with Crippen molar-refractivity contribution in [2.75, 3.05) is 6.61 Å². The minimum atomic E-state index is -1.12. The average Bonchev–Trinajstić information content (AvgIpc) is 2.65. The Kier molecular flexibility index (Phi) is 4.24. The number of amides is 1. The summed E-state index contributed by atoms with van der Waals surface area (Å²) in [5.41, 5.74) is 0.209. The molecule has 1 atom stereocenters. The van der Waals surface area contributed by atoms with E-state index in [1.807, 2.05) is 0 Å². The molecular formula is C9H12N2O4S. The maximum atomic E-state index is 11.3. The van der Waals surface area contributed by atoms with Crippen molar-refractivity contribution in [1.29, 1.82) is 0 Å². The van der Waals surface area contributed by atoms with Gasteiger partial charge in [0.15, 0.2) is 5.69 Å². The van der Waals surface area contributed by atoms with Crippen molar-refractivity contribution in [1.82, 2.24) is 10.3 Å². The predicted molar refractivity (Wildman–Crippen MR) is 57.6 cm³/mol. The van der Waals surface area contributed by atoms with E-state index in [0.717, 1.165) is 0 Å². The first-order valence-corrected chi connectivity index (χ1v) is 5.54. The van der Waals surface area contributed by atoms with Gasteiger partial charge in [-0.3, -0.25) is 0 Å². The molecule has 6 nitrogen and oxygen atoms in total. The molecule has 0 aliphatic rings. The zero-order chi connectivity index (χ0) is 12.1. The summed E-state index contributed by atoms with van der Waals surface area (Å²) in [7, 11) is 0. The second-order valence-electron chi connectivity index (χ2n) is 2.96. The van der Waals surface area contributed by atoms with E-state index in [2.05, 4.69) is 10.3 Å². The van der Waals surface area contributed by atoms with E-state index in [9.17, 15) is 9.59 Å². The Morgan fingerprint density at radius 2 is 2.38 bits per heavy atom. The van der Waals surface area contributed by atoms with Crippen LogP contribution in [0.4, 0.5) is 4.79 Å². The second kappa shape index (κ2) is 5.45. The maximum absolute atomic E-state index is 11.3. The van der Waals surface area contributed by atoms with Crippen molar-refractivity contribution in [3.8, 4) is 0 Å². The first-order chi connectivity index (χ1) is 7.54. The van der Waals surface area contributed by atoms with Gasteiger partial charge in [0.2, 0.25) is 0 Å². The summed E-state index contributed by atoms with van der Waals surface area (Å²) in [5.74, 6) is -0.493. The lowest BCUT2D eigenvalue weighted by atomic mass is 10.3. The SMILES string of the molecule is CCOC(=O)c1csc(C(C)NC(=O)O)n1.